The van der Waals surface area contributed by atoms with E-state index in [-0.39, 0.29) is 30.0 Å². The van der Waals surface area contributed by atoms with E-state index in [9.17, 15) is 14.4 Å². The molecule has 0 radical (unpaired) electrons. The summed E-state index contributed by atoms with van der Waals surface area (Å²) < 4.78 is 5.08. The SMILES string of the molecule is CCOC(=O)CCN1CC[C@H](c2ccccc2)C[C@@H]1C(=O)N[C@@H](C)C(=O)CCc1ccc(C(C)=N)cc1. The lowest BCUT2D eigenvalue weighted by molar-refractivity contribution is -0.144. The lowest BCUT2D eigenvalue weighted by Gasteiger charge is -2.39. The predicted molar refractivity (Wildman–Crippen MR) is 145 cm³/mol. The quantitative estimate of drug-likeness (QED) is 0.331. The Labute approximate surface area is 220 Å². The Balaban J connectivity index is 1.60. The maximum atomic E-state index is 13.4. The lowest BCUT2D eigenvalue weighted by atomic mass is 9.84. The third-order valence-electron chi connectivity index (χ3n) is 7.08. The number of carbonyl (C=O) groups excluding carboxylic acids is 3. The molecule has 1 aliphatic heterocycles. The van der Waals surface area contributed by atoms with Crippen molar-refractivity contribution in [2.75, 3.05) is 19.7 Å². The minimum absolute atomic E-state index is 0.0193. The van der Waals surface area contributed by atoms with Crippen molar-refractivity contribution < 1.29 is 19.1 Å². The highest BCUT2D eigenvalue weighted by atomic mass is 16.5. The van der Waals surface area contributed by atoms with Gasteiger partial charge in [0.15, 0.2) is 5.78 Å². The standard InChI is InChI=1S/C30H39N3O4/c1-4-37-29(35)17-19-33-18-16-26(25-8-6-5-7-9-25)20-27(33)30(36)32-22(3)28(34)15-12-23-10-13-24(14-11-23)21(2)31/h5-11,13-14,22,26-27,31H,4,12,15-20H2,1-3H3,(H,32,36)/t22-,26-,27+/m0/s1. The first-order valence-electron chi connectivity index (χ1n) is 13.2. The van der Waals surface area contributed by atoms with E-state index >= 15 is 0 Å². The summed E-state index contributed by atoms with van der Waals surface area (Å²) in [5, 5.41) is 10.7. The number of nitrogens with one attached hydrogen (secondary N) is 2. The molecule has 0 aromatic heterocycles. The van der Waals surface area contributed by atoms with E-state index in [1.54, 1.807) is 20.8 Å². The highest BCUT2D eigenvalue weighted by Gasteiger charge is 2.35. The zero-order chi connectivity index (χ0) is 26.8. The van der Waals surface area contributed by atoms with Gasteiger partial charge >= 0.3 is 5.97 Å². The van der Waals surface area contributed by atoms with Gasteiger partial charge in [0.1, 0.15) is 0 Å². The minimum atomic E-state index is -0.598. The number of hydrogen-bond acceptors (Lipinski definition) is 6. The van der Waals surface area contributed by atoms with E-state index in [2.05, 4.69) is 22.3 Å². The molecule has 2 aromatic rings. The van der Waals surface area contributed by atoms with Crippen molar-refractivity contribution >= 4 is 23.4 Å². The molecule has 3 rings (SSSR count). The van der Waals surface area contributed by atoms with E-state index in [0.29, 0.717) is 44.7 Å². The molecule has 0 unspecified atom stereocenters. The van der Waals surface area contributed by atoms with Gasteiger partial charge in [-0.3, -0.25) is 19.3 Å². The van der Waals surface area contributed by atoms with Gasteiger partial charge in [-0.1, -0.05) is 54.6 Å². The van der Waals surface area contributed by atoms with Gasteiger partial charge in [0.05, 0.1) is 25.1 Å². The zero-order valence-electron chi connectivity index (χ0n) is 22.2. The van der Waals surface area contributed by atoms with Crippen LogP contribution in [-0.4, -0.2) is 60.1 Å². The van der Waals surface area contributed by atoms with Crippen molar-refractivity contribution in [3.8, 4) is 0 Å². The Bertz CT molecular complexity index is 1070. The molecule has 198 valence electrons. The first-order valence-corrected chi connectivity index (χ1v) is 13.2. The molecule has 1 fully saturated rings. The summed E-state index contributed by atoms with van der Waals surface area (Å²) in [4.78, 5) is 40.2. The van der Waals surface area contributed by atoms with Gasteiger partial charge in [-0.05, 0) is 69.2 Å². The Morgan fingerprint density at radius 1 is 1.08 bits per heavy atom. The fourth-order valence-corrected chi connectivity index (χ4v) is 4.85. The van der Waals surface area contributed by atoms with Crippen molar-refractivity contribution in [2.45, 2.75) is 70.9 Å². The Morgan fingerprint density at radius 3 is 2.43 bits per heavy atom. The molecule has 2 aromatic carbocycles. The van der Waals surface area contributed by atoms with Crippen LogP contribution in [0.5, 0.6) is 0 Å². The van der Waals surface area contributed by atoms with Gasteiger partial charge < -0.3 is 15.5 Å². The van der Waals surface area contributed by atoms with E-state index in [4.69, 9.17) is 10.1 Å². The van der Waals surface area contributed by atoms with Crippen LogP contribution in [0.25, 0.3) is 0 Å². The zero-order valence-corrected chi connectivity index (χ0v) is 22.2. The molecule has 37 heavy (non-hydrogen) atoms. The third-order valence-corrected chi connectivity index (χ3v) is 7.08. The average Bonchev–Trinajstić information content (AvgIpc) is 2.91. The maximum absolute atomic E-state index is 13.4. The number of benzene rings is 2. The second kappa shape index (κ2) is 13.8. The highest BCUT2D eigenvalue weighted by Crippen LogP contribution is 2.32. The maximum Gasteiger partial charge on any atom is 0.307 e. The molecule has 0 saturated carbocycles. The number of carbonyl (C=O) groups is 3. The van der Waals surface area contributed by atoms with Gasteiger partial charge in [0.2, 0.25) is 5.91 Å². The van der Waals surface area contributed by atoms with Crippen LogP contribution in [0, 0.1) is 5.41 Å². The van der Waals surface area contributed by atoms with Gasteiger partial charge in [-0.15, -0.1) is 0 Å². The molecule has 7 heteroatoms. The Kier molecular flexibility index (Phi) is 10.6. The summed E-state index contributed by atoms with van der Waals surface area (Å²) in [5.41, 5.74) is 3.61. The fourth-order valence-electron chi connectivity index (χ4n) is 4.85. The van der Waals surface area contributed by atoms with Crippen LogP contribution in [0.4, 0.5) is 0 Å². The summed E-state index contributed by atoms with van der Waals surface area (Å²) in [6.45, 7) is 6.75. The van der Waals surface area contributed by atoms with Crippen LogP contribution >= 0.6 is 0 Å². The lowest BCUT2D eigenvalue weighted by Crippen LogP contribution is -2.54. The van der Waals surface area contributed by atoms with Gasteiger partial charge in [0.25, 0.3) is 0 Å². The first-order chi connectivity index (χ1) is 17.8. The molecule has 1 aliphatic rings. The predicted octanol–water partition coefficient (Wildman–Crippen LogP) is 4.28. The number of amides is 1. The second-order valence-corrected chi connectivity index (χ2v) is 9.76. The summed E-state index contributed by atoms with van der Waals surface area (Å²) >= 11 is 0. The minimum Gasteiger partial charge on any atom is -0.466 e. The van der Waals surface area contributed by atoms with E-state index in [1.807, 2.05) is 42.5 Å². The van der Waals surface area contributed by atoms with Crippen molar-refractivity contribution in [3.63, 3.8) is 0 Å². The monoisotopic (exact) mass is 505 g/mol. The first kappa shape index (κ1) is 28.3. The summed E-state index contributed by atoms with van der Waals surface area (Å²) in [5.74, 6) is -0.209. The smallest absolute Gasteiger partial charge is 0.307 e. The van der Waals surface area contributed by atoms with Gasteiger partial charge in [-0.25, -0.2) is 0 Å². The number of esters is 1. The molecule has 1 amide bonds. The van der Waals surface area contributed by atoms with Gasteiger partial charge in [0, 0.05) is 18.7 Å². The van der Waals surface area contributed by atoms with Crippen molar-refractivity contribution in [1.29, 1.82) is 5.41 Å². The summed E-state index contributed by atoms with van der Waals surface area (Å²) in [7, 11) is 0. The van der Waals surface area contributed by atoms with E-state index < -0.39 is 12.1 Å². The number of nitrogens with zero attached hydrogens (tertiary/aromatic N) is 1. The number of aryl methyl sites for hydroxylation is 1. The van der Waals surface area contributed by atoms with Crippen LogP contribution in [0.3, 0.4) is 0 Å². The van der Waals surface area contributed by atoms with Crippen molar-refractivity contribution in [2.24, 2.45) is 0 Å². The van der Waals surface area contributed by atoms with Crippen molar-refractivity contribution in [1.82, 2.24) is 10.2 Å². The molecule has 1 heterocycles. The summed E-state index contributed by atoms with van der Waals surface area (Å²) in [6.07, 6.45) is 2.69. The Hall–Kier alpha value is -3.32. The molecular weight excluding hydrogens is 466 g/mol. The van der Waals surface area contributed by atoms with Crippen LogP contribution in [0.2, 0.25) is 0 Å². The molecule has 3 atom stereocenters. The molecule has 2 N–H and O–H groups in total. The molecule has 1 saturated heterocycles. The normalized spacial score (nSPS) is 18.6. The Morgan fingerprint density at radius 2 is 1.78 bits per heavy atom. The molecular formula is C30H39N3O4. The fraction of sp³-hybridized carbons (Fsp3) is 0.467. The van der Waals surface area contributed by atoms with Crippen molar-refractivity contribution in [3.05, 3.63) is 71.3 Å². The van der Waals surface area contributed by atoms with Crippen LogP contribution < -0.4 is 5.32 Å². The number of Topliss-reactive ketones (excluding diaryl/α,β-unsaturated/α-hetero) is 1. The highest BCUT2D eigenvalue weighted by molar-refractivity contribution is 5.96. The number of hydrogen-bond donors (Lipinski definition) is 2. The topological polar surface area (TPSA) is 99.6 Å². The second-order valence-electron chi connectivity index (χ2n) is 9.76. The van der Waals surface area contributed by atoms with E-state index in [0.717, 1.165) is 17.5 Å². The third kappa shape index (κ3) is 8.35. The van der Waals surface area contributed by atoms with E-state index in [1.165, 1.54) is 5.56 Å². The molecule has 7 nitrogen and oxygen atoms in total. The largest absolute Gasteiger partial charge is 0.466 e. The van der Waals surface area contributed by atoms with Crippen LogP contribution in [-0.2, 0) is 25.5 Å². The number of ketones is 1. The number of piperidine rings is 1. The molecule has 0 spiro atoms. The molecule has 0 bridgehead atoms. The summed E-state index contributed by atoms with van der Waals surface area (Å²) in [6, 6.07) is 16.9. The van der Waals surface area contributed by atoms with Gasteiger partial charge in [-0.2, -0.15) is 0 Å². The van der Waals surface area contributed by atoms with Crippen LogP contribution in [0.15, 0.2) is 54.6 Å². The number of likely N-dealkylation sites (tertiary alicyclic amines) is 1. The molecule has 0 aliphatic carbocycles. The van der Waals surface area contributed by atoms with Crippen LogP contribution in [0.1, 0.15) is 69.1 Å². The number of rotatable bonds is 12. The average molecular weight is 506 g/mol. The number of ether oxygens (including phenoxy) is 1.